The molecule has 3 atom stereocenters. The van der Waals surface area contributed by atoms with E-state index in [0.717, 1.165) is 19.3 Å². The molecular weight excluding hydrogens is 243 g/mol. The second-order valence-electron chi connectivity index (χ2n) is 4.92. The van der Waals surface area contributed by atoms with Crippen LogP contribution >= 0.6 is 0 Å². The molecule has 1 aliphatic carbocycles. The average molecular weight is 260 g/mol. The molecule has 0 aromatic carbocycles. The summed E-state index contributed by atoms with van der Waals surface area (Å²) in [6, 6.07) is -0.819. The number of imide groups is 2. The number of carbonyl (C=O) groups excluding carboxylic acids is 3. The van der Waals surface area contributed by atoms with Crippen molar-refractivity contribution in [1.29, 1.82) is 0 Å². The number of hydrogen-bond acceptors (Lipinski definition) is 3. The maximum atomic E-state index is 12.0. The molecule has 0 radical (unpaired) electrons. The van der Waals surface area contributed by atoms with Crippen LogP contribution in [0.5, 0.6) is 0 Å². The Bertz CT molecular complexity index is 364. The van der Waals surface area contributed by atoms with Crippen LogP contribution in [0.2, 0.25) is 0 Å². The van der Waals surface area contributed by atoms with Crippen LogP contribution in [0.4, 0.5) is 4.79 Å². The van der Waals surface area contributed by atoms with Gasteiger partial charge in [0.05, 0.1) is 5.41 Å². The van der Waals surface area contributed by atoms with Gasteiger partial charge in [0.2, 0.25) is 0 Å². The number of nitrogens with zero attached hydrogens (tertiary/aromatic N) is 1. The summed E-state index contributed by atoms with van der Waals surface area (Å²) in [5, 5.41) is 5.57. The van der Waals surface area contributed by atoms with Crippen LogP contribution in [-0.4, -0.2) is 17.8 Å². The molecule has 6 heteroatoms. The molecule has 1 N–H and O–H groups in total. The summed E-state index contributed by atoms with van der Waals surface area (Å²) < 4.78 is 0. The van der Waals surface area contributed by atoms with Gasteiger partial charge in [0.25, 0.3) is 0 Å². The Labute approximate surface area is 129 Å². The summed E-state index contributed by atoms with van der Waals surface area (Å²) in [6.45, 7) is 4.10. The van der Waals surface area contributed by atoms with Gasteiger partial charge in [0, 0.05) is 0 Å². The Morgan fingerprint density at radius 3 is 2.50 bits per heavy atom. The Kier molecular flexibility index (Phi) is 4.98. The van der Waals surface area contributed by atoms with E-state index in [1.807, 2.05) is 6.92 Å². The quantitative estimate of drug-likeness (QED) is 0.521. The molecule has 2 rings (SSSR count). The molecule has 3 unspecified atom stereocenters. The molecule has 4 amide bonds. The number of amides is 4. The third-order valence-corrected chi connectivity index (χ3v) is 4.12. The van der Waals surface area contributed by atoms with E-state index in [1.165, 1.54) is 0 Å². The summed E-state index contributed by atoms with van der Waals surface area (Å²) in [5.41, 5.74) is -1.04. The molecule has 2 fully saturated rings. The maximum Gasteiger partial charge on any atom is 1.00 e. The zero-order valence-electron chi connectivity index (χ0n) is 11.2. The Hall–Kier alpha value is -0.390. The molecule has 1 aliphatic heterocycles. The molecule has 0 aromatic rings. The van der Waals surface area contributed by atoms with E-state index >= 15 is 0 Å². The fourth-order valence-electron chi connectivity index (χ4n) is 3.20. The summed E-state index contributed by atoms with van der Waals surface area (Å²) in [6.07, 6.45) is 3.26. The van der Waals surface area contributed by atoms with Crippen LogP contribution in [0.1, 0.15) is 39.5 Å². The van der Waals surface area contributed by atoms with Crippen LogP contribution in [0.3, 0.4) is 0 Å². The van der Waals surface area contributed by atoms with Crippen molar-refractivity contribution in [2.45, 2.75) is 39.5 Å². The largest absolute Gasteiger partial charge is 1.00 e. The van der Waals surface area contributed by atoms with Crippen LogP contribution in [0.15, 0.2) is 0 Å². The van der Waals surface area contributed by atoms with Crippen molar-refractivity contribution >= 4 is 17.8 Å². The topological polar surface area (TPSA) is 77.3 Å². The molecule has 0 bridgehead atoms. The molecule has 18 heavy (non-hydrogen) atoms. The van der Waals surface area contributed by atoms with E-state index in [-0.39, 0.29) is 35.5 Å². The van der Waals surface area contributed by atoms with Gasteiger partial charge in [-0.25, -0.2) is 0 Å². The first-order valence-corrected chi connectivity index (χ1v) is 6.17. The van der Waals surface area contributed by atoms with E-state index in [0.29, 0.717) is 12.3 Å². The maximum absolute atomic E-state index is 12.0. The normalized spacial score (nSPS) is 34.4. The first-order valence-electron chi connectivity index (χ1n) is 6.17. The Morgan fingerprint density at radius 2 is 2.00 bits per heavy atom. The Morgan fingerprint density at radius 1 is 1.33 bits per heavy atom. The number of rotatable bonds is 3. The molecule has 94 valence electrons. The van der Waals surface area contributed by atoms with Crippen molar-refractivity contribution < 1.29 is 43.9 Å². The fourth-order valence-corrected chi connectivity index (χ4v) is 3.20. The number of urea groups is 1. The zero-order valence-corrected chi connectivity index (χ0v) is 13.2. The van der Waals surface area contributed by atoms with E-state index in [2.05, 4.69) is 17.6 Å². The standard InChI is InChI=1S/C12H18N2O3.Na/c1-3-5-8-7(4-2)6-12(8)9(15)13-11(17)14-10(12)16;/h7-8H,3-6H2,1-2H3,(H2,13,14,15,16,17);/q;+1/p-1. The Balaban J connectivity index is 0.00000162. The van der Waals surface area contributed by atoms with Gasteiger partial charge in [-0.3, -0.25) is 14.4 Å². The first-order chi connectivity index (χ1) is 8.06. The molecule has 1 saturated heterocycles. The van der Waals surface area contributed by atoms with Crippen molar-refractivity contribution in [2.75, 3.05) is 0 Å². The van der Waals surface area contributed by atoms with Gasteiger partial charge in [0.1, 0.15) is 0 Å². The molecule has 2 aliphatic rings. The second kappa shape index (κ2) is 5.72. The predicted molar refractivity (Wildman–Crippen MR) is 61.1 cm³/mol. The molecule has 1 saturated carbocycles. The van der Waals surface area contributed by atoms with E-state index in [1.54, 1.807) is 0 Å². The van der Waals surface area contributed by atoms with Crippen LogP contribution in [-0.2, 0) is 9.59 Å². The minimum Gasteiger partial charge on any atom is -0.394 e. The summed E-state index contributed by atoms with van der Waals surface area (Å²) in [4.78, 5) is 34.9. The minimum atomic E-state index is -1.04. The fraction of sp³-hybridized carbons (Fsp3) is 0.750. The van der Waals surface area contributed by atoms with Gasteiger partial charge in [0.15, 0.2) is 17.8 Å². The van der Waals surface area contributed by atoms with Gasteiger partial charge < -0.3 is 10.6 Å². The SMILES string of the molecule is CCCC1C(CC)CC12C(=O)[N-]C(=O)NC2=O.[Na+]. The summed E-state index contributed by atoms with van der Waals surface area (Å²) in [5.74, 6) is -0.532. The van der Waals surface area contributed by atoms with Crippen molar-refractivity contribution in [3.05, 3.63) is 5.32 Å². The molecular formula is C12H17N2NaO3. The van der Waals surface area contributed by atoms with E-state index in [9.17, 15) is 14.4 Å². The van der Waals surface area contributed by atoms with Gasteiger partial charge >= 0.3 is 29.6 Å². The summed E-state index contributed by atoms with van der Waals surface area (Å²) >= 11 is 0. The molecule has 5 nitrogen and oxygen atoms in total. The third-order valence-electron chi connectivity index (χ3n) is 4.12. The third kappa shape index (κ3) is 2.12. The molecule has 0 aromatic heterocycles. The van der Waals surface area contributed by atoms with Gasteiger partial charge in [-0.15, -0.1) is 0 Å². The average Bonchev–Trinajstić information content (AvgIpc) is 2.24. The minimum absolute atomic E-state index is 0. The van der Waals surface area contributed by atoms with Crippen molar-refractivity contribution in [1.82, 2.24) is 5.32 Å². The van der Waals surface area contributed by atoms with Gasteiger partial charge in [-0.05, 0) is 24.7 Å². The van der Waals surface area contributed by atoms with E-state index in [4.69, 9.17) is 0 Å². The molecule has 1 heterocycles. The molecule has 1 spiro atoms. The summed E-state index contributed by atoms with van der Waals surface area (Å²) in [7, 11) is 0. The van der Waals surface area contributed by atoms with Crippen molar-refractivity contribution in [2.24, 2.45) is 17.3 Å². The van der Waals surface area contributed by atoms with Crippen LogP contribution < -0.4 is 34.9 Å². The number of barbiturate groups is 1. The van der Waals surface area contributed by atoms with Gasteiger partial charge in [-0.2, -0.15) is 0 Å². The number of carbonyl (C=O) groups is 3. The second-order valence-corrected chi connectivity index (χ2v) is 4.92. The zero-order chi connectivity index (χ0) is 12.6. The van der Waals surface area contributed by atoms with Crippen LogP contribution in [0, 0.1) is 17.3 Å². The van der Waals surface area contributed by atoms with Crippen molar-refractivity contribution in [3.8, 4) is 0 Å². The van der Waals surface area contributed by atoms with Gasteiger partial charge in [-0.1, -0.05) is 26.7 Å². The monoisotopic (exact) mass is 260 g/mol. The number of hydrogen-bond donors (Lipinski definition) is 1. The first kappa shape index (κ1) is 15.7. The van der Waals surface area contributed by atoms with Crippen LogP contribution in [0.25, 0.3) is 5.32 Å². The smallest absolute Gasteiger partial charge is 0.394 e. The predicted octanol–water partition coefficient (Wildman–Crippen LogP) is -1.03. The number of nitrogens with one attached hydrogen (secondary N) is 1. The van der Waals surface area contributed by atoms with Crippen molar-refractivity contribution in [3.63, 3.8) is 0 Å². The van der Waals surface area contributed by atoms with E-state index < -0.39 is 23.3 Å².